The summed E-state index contributed by atoms with van der Waals surface area (Å²) in [4.78, 5) is 15.1. The van der Waals surface area contributed by atoms with E-state index in [0.717, 1.165) is 0 Å². The first-order valence-electron chi connectivity index (χ1n) is 8.80. The van der Waals surface area contributed by atoms with Crippen molar-refractivity contribution in [1.82, 2.24) is 19.9 Å². The van der Waals surface area contributed by atoms with Crippen molar-refractivity contribution in [3.05, 3.63) is 122 Å². The molecule has 0 aliphatic heterocycles. The molecular weight excluding hydrogens is 587 g/mol. The number of nitrogens with zero attached hydrogens (tertiary/aromatic N) is 4. The van der Waals surface area contributed by atoms with Crippen LogP contribution in [0.2, 0.25) is 0 Å². The summed E-state index contributed by atoms with van der Waals surface area (Å²) in [6.07, 6.45) is 14.0. The van der Waals surface area contributed by atoms with Crippen LogP contribution < -0.4 is 0 Å². The zero-order valence-electron chi connectivity index (χ0n) is 17.9. The summed E-state index contributed by atoms with van der Waals surface area (Å²) in [7, 11) is 0. The molecular formula is C20H24CoCr2N4O8+2. The van der Waals surface area contributed by atoms with Crippen LogP contribution in [0.3, 0.4) is 0 Å². The Labute approximate surface area is 217 Å². The van der Waals surface area contributed by atoms with Gasteiger partial charge in [0.1, 0.15) is 0 Å². The fourth-order valence-electron chi connectivity index (χ4n) is 1.25. The molecule has 0 atom stereocenters. The van der Waals surface area contributed by atoms with Crippen LogP contribution >= 0.6 is 0 Å². The maximum absolute atomic E-state index is 8.82. The molecule has 191 valence electrons. The molecule has 0 aromatic carbocycles. The fourth-order valence-corrected chi connectivity index (χ4v) is 1.25. The third kappa shape index (κ3) is 59.2. The minimum atomic E-state index is -5.25. The Morgan fingerprint density at radius 2 is 0.457 bits per heavy atom. The minimum Gasteiger partial charge on any atom is -0.265 e. The topological polar surface area (TPSA) is 201 Å². The van der Waals surface area contributed by atoms with Gasteiger partial charge < -0.3 is 0 Å². The minimum absolute atomic E-state index is 0. The zero-order valence-corrected chi connectivity index (χ0v) is 21.5. The normalized spacial score (nSPS) is 8.80. The van der Waals surface area contributed by atoms with Crippen LogP contribution in [-0.4, -0.2) is 36.6 Å². The van der Waals surface area contributed by atoms with Crippen molar-refractivity contribution in [2.24, 2.45) is 0 Å². The molecule has 12 nitrogen and oxygen atoms in total. The van der Waals surface area contributed by atoms with Crippen molar-refractivity contribution < 1.29 is 75.9 Å². The predicted molar refractivity (Wildman–Crippen MR) is 109 cm³/mol. The van der Waals surface area contributed by atoms with Gasteiger partial charge in [-0.2, -0.15) is 0 Å². The predicted octanol–water partition coefficient (Wildman–Crippen LogP) is 1.62. The molecule has 15 heteroatoms. The first-order chi connectivity index (χ1) is 16.0. The van der Waals surface area contributed by atoms with Gasteiger partial charge in [0, 0.05) is 49.6 Å². The summed E-state index contributed by atoms with van der Waals surface area (Å²) < 4.78 is 63.8. The van der Waals surface area contributed by atoms with Crippen LogP contribution in [0.5, 0.6) is 0 Å². The van der Waals surface area contributed by atoms with Gasteiger partial charge in [-0.1, -0.05) is 24.3 Å². The first-order valence-corrected chi connectivity index (χ1v) is 13.2. The van der Waals surface area contributed by atoms with Gasteiger partial charge in [0.2, 0.25) is 0 Å². The van der Waals surface area contributed by atoms with Gasteiger partial charge in [-0.25, -0.2) is 0 Å². The Hall–Kier alpha value is -2.79. The van der Waals surface area contributed by atoms with Gasteiger partial charge in [0.25, 0.3) is 0 Å². The third-order valence-corrected chi connectivity index (χ3v) is 2.27. The van der Waals surface area contributed by atoms with E-state index in [9.17, 15) is 0 Å². The van der Waals surface area contributed by atoms with Gasteiger partial charge in [-0.3, -0.25) is 19.9 Å². The monoisotopic (exact) mass is 611 g/mol. The van der Waals surface area contributed by atoms with E-state index >= 15 is 0 Å². The molecule has 4 N–H and O–H groups in total. The summed E-state index contributed by atoms with van der Waals surface area (Å²) in [5.74, 6) is 0. The molecule has 0 fully saturated rings. The van der Waals surface area contributed by atoms with Crippen LogP contribution in [0.4, 0.5) is 0 Å². The van der Waals surface area contributed by atoms with Gasteiger partial charge in [-0.15, -0.1) is 0 Å². The van der Waals surface area contributed by atoms with E-state index in [2.05, 4.69) is 19.9 Å². The standard InChI is InChI=1S/4C5H5N.Co.2Cr.4H2O.4O/c4*1-2-4-6-5-3-1;;;;;;;;;;;/h4*1-5H;;;;4*1H2;;;;/q;;;;3*+2;;;;;;;;/p-4. The second kappa shape index (κ2) is 25.8. The Balaban J connectivity index is -0.000000350. The van der Waals surface area contributed by atoms with Gasteiger partial charge in [0.15, 0.2) is 0 Å². The average molecular weight is 611 g/mol. The molecule has 0 aliphatic rings. The van der Waals surface area contributed by atoms with E-state index in [1.807, 2.05) is 72.8 Å². The molecule has 0 bridgehead atoms. The third-order valence-electron chi connectivity index (χ3n) is 2.27. The van der Waals surface area contributed by atoms with Crippen molar-refractivity contribution in [3.63, 3.8) is 0 Å². The van der Waals surface area contributed by atoms with E-state index in [-0.39, 0.29) is 16.8 Å². The molecule has 0 saturated heterocycles. The maximum Gasteiger partial charge on any atom is 0.0267 e. The number of hydrogen-bond donors (Lipinski definition) is 4. The molecule has 35 heavy (non-hydrogen) atoms. The summed E-state index contributed by atoms with van der Waals surface area (Å²) in [6, 6.07) is 22.9. The second-order valence-corrected chi connectivity index (χ2v) is 7.79. The Morgan fingerprint density at radius 3 is 0.486 bits per heavy atom. The van der Waals surface area contributed by atoms with Crippen molar-refractivity contribution >= 4 is 0 Å². The van der Waals surface area contributed by atoms with Gasteiger partial charge >= 0.3 is 75.9 Å². The number of rotatable bonds is 0. The van der Waals surface area contributed by atoms with E-state index in [4.69, 9.17) is 31.8 Å². The van der Waals surface area contributed by atoms with E-state index in [0.29, 0.717) is 0 Å². The molecule has 4 aromatic rings. The van der Waals surface area contributed by atoms with Gasteiger partial charge in [-0.05, 0) is 48.5 Å². The second-order valence-electron chi connectivity index (χ2n) is 4.99. The molecule has 0 spiro atoms. The zero-order chi connectivity index (χ0) is 26.0. The fraction of sp³-hybridized carbons (Fsp3) is 0. The van der Waals surface area contributed by atoms with Crippen LogP contribution in [0.15, 0.2) is 122 Å². The number of hydrogen-bond acceptors (Lipinski definition) is 8. The summed E-state index contributed by atoms with van der Waals surface area (Å²) >= 11 is -10.5. The molecule has 1 radical (unpaired) electrons. The van der Waals surface area contributed by atoms with Crippen LogP contribution in [0.1, 0.15) is 0 Å². The van der Waals surface area contributed by atoms with Crippen molar-refractivity contribution in [3.8, 4) is 0 Å². The smallest absolute Gasteiger partial charge is 0.0267 e. The molecule has 0 unspecified atom stereocenters. The molecule has 0 aliphatic carbocycles. The quantitative estimate of drug-likeness (QED) is 0.224. The van der Waals surface area contributed by atoms with Gasteiger partial charge in [0.05, 0.1) is 0 Å². The summed E-state index contributed by atoms with van der Waals surface area (Å²) in [5, 5.41) is 0. The Kier molecular flexibility index (Phi) is 27.1. The van der Waals surface area contributed by atoms with Crippen molar-refractivity contribution in [2.45, 2.75) is 0 Å². The molecule has 4 rings (SSSR count). The SMILES string of the molecule is [Co+2].[O]=[Cr](=[O])([OH])[OH].[O]=[Cr](=[O])([OH])[OH].c1ccncc1.c1ccncc1.c1ccncc1.c1ccncc1. The summed E-state index contributed by atoms with van der Waals surface area (Å²) in [5.41, 5.74) is 0. The van der Waals surface area contributed by atoms with Crippen molar-refractivity contribution in [2.75, 3.05) is 0 Å². The number of aromatic nitrogens is 4. The average Bonchev–Trinajstić information content (AvgIpc) is 2.83. The summed E-state index contributed by atoms with van der Waals surface area (Å²) in [6.45, 7) is 0. The Bertz CT molecular complexity index is 838. The molecule has 4 heterocycles. The van der Waals surface area contributed by atoms with E-state index in [1.165, 1.54) is 0 Å². The van der Waals surface area contributed by atoms with Crippen LogP contribution in [0, 0.1) is 0 Å². The van der Waals surface area contributed by atoms with Crippen LogP contribution in [0.25, 0.3) is 0 Å². The largest absolute Gasteiger partial charge is 0.265 e. The van der Waals surface area contributed by atoms with E-state index < -0.39 is 27.2 Å². The maximum atomic E-state index is 8.82. The molecule has 0 saturated carbocycles. The molecule has 4 aromatic heterocycles. The first kappa shape index (κ1) is 36.8. The number of pyridine rings is 4. The van der Waals surface area contributed by atoms with E-state index in [1.54, 1.807) is 49.6 Å². The van der Waals surface area contributed by atoms with Crippen molar-refractivity contribution in [1.29, 1.82) is 0 Å². The van der Waals surface area contributed by atoms with Crippen LogP contribution in [-0.2, 0) is 59.2 Å². The molecule has 0 amide bonds. The Morgan fingerprint density at radius 1 is 0.343 bits per heavy atom.